The second-order valence-electron chi connectivity index (χ2n) is 7.91. The molecule has 0 spiro atoms. The molecule has 2 aromatic heterocycles. The number of carbonyl (C=O) groups is 1. The lowest BCUT2D eigenvalue weighted by atomic mass is 10.2. The number of nitrogen functional groups attached to an aromatic ring is 1. The van der Waals surface area contributed by atoms with Gasteiger partial charge in [-0.2, -0.15) is 5.26 Å². The molecule has 1 amide bonds. The quantitative estimate of drug-likeness (QED) is 0.555. The van der Waals surface area contributed by atoms with Gasteiger partial charge in [0.1, 0.15) is 22.6 Å². The van der Waals surface area contributed by atoms with Gasteiger partial charge in [0.2, 0.25) is 5.91 Å². The number of thiophene rings is 1. The summed E-state index contributed by atoms with van der Waals surface area (Å²) >= 11 is 1.28. The van der Waals surface area contributed by atoms with E-state index in [2.05, 4.69) is 10.3 Å². The van der Waals surface area contributed by atoms with Crippen molar-refractivity contribution in [1.82, 2.24) is 9.55 Å². The summed E-state index contributed by atoms with van der Waals surface area (Å²) in [6, 6.07) is 3.67. The van der Waals surface area contributed by atoms with Gasteiger partial charge in [-0.3, -0.25) is 19.1 Å². The number of hydrogen-bond donors (Lipinski definition) is 3. The van der Waals surface area contributed by atoms with Crippen LogP contribution >= 0.6 is 11.3 Å². The summed E-state index contributed by atoms with van der Waals surface area (Å²) in [6.45, 7) is 8.99. The molecule has 4 N–H and O–H groups in total. The van der Waals surface area contributed by atoms with Gasteiger partial charge in [-0.15, -0.1) is 11.3 Å². The van der Waals surface area contributed by atoms with Gasteiger partial charge in [-0.25, -0.2) is 4.79 Å². The molecule has 0 aliphatic carbocycles. The van der Waals surface area contributed by atoms with E-state index in [1.807, 2.05) is 33.8 Å². The Morgan fingerprint density at radius 2 is 2.03 bits per heavy atom. The topological polar surface area (TPSA) is 137 Å². The zero-order valence-electron chi connectivity index (χ0n) is 17.7. The summed E-state index contributed by atoms with van der Waals surface area (Å²) in [6.07, 6.45) is 0.0949. The summed E-state index contributed by atoms with van der Waals surface area (Å²) in [4.78, 5) is 41.3. The molecular formula is C20H28N6O3S. The monoisotopic (exact) mass is 432 g/mol. The molecule has 2 heterocycles. The van der Waals surface area contributed by atoms with Crippen molar-refractivity contribution < 1.29 is 4.79 Å². The number of anilines is 3. The fourth-order valence-electron chi connectivity index (χ4n) is 3.08. The Kier molecular flexibility index (Phi) is 7.83. The minimum atomic E-state index is -0.566. The minimum Gasteiger partial charge on any atom is -0.383 e. The Balaban J connectivity index is 2.28. The average molecular weight is 433 g/mol. The second kappa shape index (κ2) is 10.1. The van der Waals surface area contributed by atoms with E-state index in [0.717, 1.165) is 0 Å². The lowest BCUT2D eigenvalue weighted by molar-refractivity contribution is -0.116. The van der Waals surface area contributed by atoms with E-state index in [1.54, 1.807) is 16.3 Å². The number of hydrogen-bond acceptors (Lipinski definition) is 7. The van der Waals surface area contributed by atoms with Crippen LogP contribution in [0.1, 0.15) is 39.7 Å². The molecule has 10 heteroatoms. The maximum atomic E-state index is 12.6. The highest BCUT2D eigenvalue weighted by molar-refractivity contribution is 7.14. The third-order valence-corrected chi connectivity index (χ3v) is 5.14. The smallest absolute Gasteiger partial charge is 0.330 e. The van der Waals surface area contributed by atoms with E-state index in [-0.39, 0.29) is 42.2 Å². The molecule has 162 valence electrons. The SMILES string of the molecule is CC(C)CN(CCC(=O)Nc1sccc1C#N)c1c(N)n(CC(C)C)c(=O)[nH]c1=O. The third-order valence-electron chi connectivity index (χ3n) is 4.31. The molecular weight excluding hydrogens is 404 g/mol. The van der Waals surface area contributed by atoms with Crippen LogP contribution in [0.2, 0.25) is 0 Å². The normalized spacial score (nSPS) is 11.0. The maximum Gasteiger partial charge on any atom is 0.330 e. The fourth-order valence-corrected chi connectivity index (χ4v) is 3.84. The molecule has 0 radical (unpaired) electrons. The van der Waals surface area contributed by atoms with Crippen molar-refractivity contribution in [3.05, 3.63) is 37.8 Å². The van der Waals surface area contributed by atoms with E-state index in [4.69, 9.17) is 11.0 Å². The Bertz CT molecular complexity index is 1040. The van der Waals surface area contributed by atoms with Crippen molar-refractivity contribution in [2.75, 3.05) is 29.0 Å². The molecule has 0 bridgehead atoms. The van der Waals surface area contributed by atoms with Gasteiger partial charge in [0, 0.05) is 26.1 Å². The molecule has 0 aliphatic rings. The van der Waals surface area contributed by atoms with Crippen molar-refractivity contribution in [1.29, 1.82) is 5.26 Å². The van der Waals surface area contributed by atoms with Crippen LogP contribution in [0.15, 0.2) is 21.0 Å². The first-order valence-corrected chi connectivity index (χ1v) is 10.7. The van der Waals surface area contributed by atoms with Crippen LogP contribution in [-0.4, -0.2) is 28.5 Å². The number of nitrogens with one attached hydrogen (secondary N) is 2. The van der Waals surface area contributed by atoms with Crippen LogP contribution < -0.4 is 27.2 Å². The second-order valence-corrected chi connectivity index (χ2v) is 8.83. The fraction of sp³-hybridized carbons (Fsp3) is 0.500. The molecule has 0 saturated heterocycles. The summed E-state index contributed by atoms with van der Waals surface area (Å²) in [5.41, 5.74) is 5.73. The Labute approximate surface area is 179 Å². The van der Waals surface area contributed by atoms with E-state index < -0.39 is 11.2 Å². The lowest BCUT2D eigenvalue weighted by Gasteiger charge is -2.28. The van der Waals surface area contributed by atoms with Crippen LogP contribution in [-0.2, 0) is 11.3 Å². The first-order valence-electron chi connectivity index (χ1n) is 9.79. The lowest BCUT2D eigenvalue weighted by Crippen LogP contribution is -2.41. The van der Waals surface area contributed by atoms with Gasteiger partial charge in [0.25, 0.3) is 5.56 Å². The molecule has 0 unspecified atom stereocenters. The first-order chi connectivity index (χ1) is 14.1. The van der Waals surface area contributed by atoms with Gasteiger partial charge < -0.3 is 16.0 Å². The Hall–Kier alpha value is -3.06. The number of aromatic amines is 1. The summed E-state index contributed by atoms with van der Waals surface area (Å²) < 4.78 is 1.36. The molecule has 2 rings (SSSR count). The molecule has 30 heavy (non-hydrogen) atoms. The van der Waals surface area contributed by atoms with Crippen molar-refractivity contribution in [2.24, 2.45) is 11.8 Å². The molecule has 2 aromatic rings. The highest BCUT2D eigenvalue weighted by Gasteiger charge is 2.21. The predicted molar refractivity (Wildman–Crippen MR) is 120 cm³/mol. The molecule has 0 aromatic carbocycles. The van der Waals surface area contributed by atoms with Crippen LogP contribution in [0.25, 0.3) is 0 Å². The van der Waals surface area contributed by atoms with E-state index in [0.29, 0.717) is 23.7 Å². The number of nitrogens with zero attached hydrogens (tertiary/aromatic N) is 3. The standard InChI is InChI=1S/C20H28N6O3S/c1-12(2)10-25(7-5-15(27)23-19-14(9-21)6-8-30-19)16-17(22)26(11-13(3)4)20(29)24-18(16)28/h6,8,12-13H,5,7,10-11,22H2,1-4H3,(H,23,27)(H,24,28,29). The number of nitriles is 1. The zero-order chi connectivity index (χ0) is 22.4. The first kappa shape index (κ1) is 23.2. The Morgan fingerprint density at radius 1 is 1.33 bits per heavy atom. The molecule has 0 fully saturated rings. The van der Waals surface area contributed by atoms with Crippen molar-refractivity contribution in [3.63, 3.8) is 0 Å². The number of rotatable bonds is 9. The van der Waals surface area contributed by atoms with E-state index >= 15 is 0 Å². The zero-order valence-corrected chi connectivity index (χ0v) is 18.5. The number of carbonyl (C=O) groups excluding carboxylic acids is 1. The number of H-pyrrole nitrogens is 1. The molecule has 0 atom stereocenters. The molecule has 0 saturated carbocycles. The van der Waals surface area contributed by atoms with Crippen LogP contribution in [0.5, 0.6) is 0 Å². The van der Waals surface area contributed by atoms with E-state index in [1.165, 1.54) is 15.9 Å². The van der Waals surface area contributed by atoms with E-state index in [9.17, 15) is 14.4 Å². The molecule has 0 aliphatic heterocycles. The van der Waals surface area contributed by atoms with Crippen LogP contribution in [0, 0.1) is 23.2 Å². The van der Waals surface area contributed by atoms with Gasteiger partial charge in [-0.05, 0) is 23.3 Å². The summed E-state index contributed by atoms with van der Waals surface area (Å²) in [5, 5.41) is 14.0. The maximum absolute atomic E-state index is 12.6. The third kappa shape index (κ3) is 5.73. The highest BCUT2D eigenvalue weighted by atomic mass is 32.1. The van der Waals surface area contributed by atoms with Crippen molar-refractivity contribution in [2.45, 2.75) is 40.7 Å². The minimum absolute atomic E-state index is 0.0949. The highest BCUT2D eigenvalue weighted by Crippen LogP contribution is 2.23. The van der Waals surface area contributed by atoms with Crippen LogP contribution in [0.3, 0.4) is 0 Å². The number of aromatic nitrogens is 2. The number of nitrogens with two attached hydrogens (primary N) is 1. The summed E-state index contributed by atoms with van der Waals surface area (Å²) in [5.74, 6) is 0.185. The number of amides is 1. The summed E-state index contributed by atoms with van der Waals surface area (Å²) in [7, 11) is 0. The molecule has 9 nitrogen and oxygen atoms in total. The largest absolute Gasteiger partial charge is 0.383 e. The Morgan fingerprint density at radius 3 is 2.63 bits per heavy atom. The predicted octanol–water partition coefficient (Wildman–Crippen LogP) is 2.20. The van der Waals surface area contributed by atoms with Crippen molar-refractivity contribution in [3.8, 4) is 6.07 Å². The average Bonchev–Trinajstić information content (AvgIpc) is 3.09. The van der Waals surface area contributed by atoms with Gasteiger partial charge >= 0.3 is 5.69 Å². The van der Waals surface area contributed by atoms with Gasteiger partial charge in [0.15, 0.2) is 0 Å². The van der Waals surface area contributed by atoms with Gasteiger partial charge in [0.05, 0.1) is 5.56 Å². The van der Waals surface area contributed by atoms with Gasteiger partial charge in [-0.1, -0.05) is 27.7 Å². The van der Waals surface area contributed by atoms with Crippen molar-refractivity contribution >= 4 is 33.8 Å². The van der Waals surface area contributed by atoms with Crippen LogP contribution in [0.4, 0.5) is 16.5 Å².